The van der Waals surface area contributed by atoms with Gasteiger partial charge < -0.3 is 14.6 Å². The third kappa shape index (κ3) is 6.71. The van der Waals surface area contributed by atoms with Crippen LogP contribution in [-0.2, 0) is 20.7 Å². The number of carboxylic acids is 1. The van der Waals surface area contributed by atoms with Gasteiger partial charge in [0.05, 0.1) is 19.1 Å². The van der Waals surface area contributed by atoms with Crippen LogP contribution in [0.3, 0.4) is 0 Å². The molecule has 0 radical (unpaired) electrons. The number of halogens is 1. The number of hydrogen-bond donors (Lipinski definition) is 1. The standard InChI is InChI=1S/C14H19BrO4/c1-18-8-9-19-7-6-12(14(16)17)10-11-2-4-13(15)5-3-11/h2-5,12H,6-10H2,1H3,(H,16,17). The van der Waals surface area contributed by atoms with Gasteiger partial charge in [0.15, 0.2) is 0 Å². The van der Waals surface area contributed by atoms with Crippen molar-refractivity contribution < 1.29 is 19.4 Å². The molecule has 106 valence electrons. The summed E-state index contributed by atoms with van der Waals surface area (Å²) in [6.07, 6.45) is 1.03. The normalized spacial score (nSPS) is 12.3. The number of hydrogen-bond acceptors (Lipinski definition) is 3. The maximum Gasteiger partial charge on any atom is 0.306 e. The fourth-order valence-corrected chi connectivity index (χ4v) is 1.95. The Hall–Kier alpha value is -0.910. The number of methoxy groups -OCH3 is 1. The summed E-state index contributed by atoms with van der Waals surface area (Å²) in [6, 6.07) is 7.71. The Kier molecular flexibility index (Phi) is 7.70. The van der Waals surface area contributed by atoms with Gasteiger partial charge in [0.1, 0.15) is 0 Å². The number of benzene rings is 1. The van der Waals surface area contributed by atoms with Crippen LogP contribution in [0, 0.1) is 5.92 Å². The van der Waals surface area contributed by atoms with Gasteiger partial charge in [-0.3, -0.25) is 4.79 Å². The van der Waals surface area contributed by atoms with E-state index in [2.05, 4.69) is 15.9 Å². The molecule has 4 nitrogen and oxygen atoms in total. The molecule has 0 saturated carbocycles. The summed E-state index contributed by atoms with van der Waals surface area (Å²) < 4.78 is 11.2. The monoisotopic (exact) mass is 330 g/mol. The lowest BCUT2D eigenvalue weighted by atomic mass is 9.97. The molecule has 0 saturated heterocycles. The SMILES string of the molecule is COCCOCCC(Cc1ccc(Br)cc1)C(=O)O. The van der Waals surface area contributed by atoms with Crippen molar-refractivity contribution in [2.24, 2.45) is 5.92 Å². The maximum absolute atomic E-state index is 11.2. The summed E-state index contributed by atoms with van der Waals surface area (Å²) in [4.78, 5) is 11.2. The van der Waals surface area contributed by atoms with E-state index in [1.807, 2.05) is 24.3 Å². The second kappa shape index (κ2) is 9.07. The molecule has 1 rings (SSSR count). The van der Waals surface area contributed by atoms with E-state index in [-0.39, 0.29) is 0 Å². The van der Waals surface area contributed by atoms with Crippen LogP contribution in [0.15, 0.2) is 28.7 Å². The van der Waals surface area contributed by atoms with E-state index < -0.39 is 11.9 Å². The molecule has 0 aromatic heterocycles. The first kappa shape index (κ1) is 16.1. The molecule has 19 heavy (non-hydrogen) atoms. The zero-order valence-electron chi connectivity index (χ0n) is 11.0. The van der Waals surface area contributed by atoms with Gasteiger partial charge in [0.2, 0.25) is 0 Å². The molecule has 0 aliphatic carbocycles. The minimum Gasteiger partial charge on any atom is -0.481 e. The van der Waals surface area contributed by atoms with E-state index in [1.165, 1.54) is 0 Å². The topological polar surface area (TPSA) is 55.8 Å². The molecular weight excluding hydrogens is 312 g/mol. The number of carboxylic acid groups (broad SMARTS) is 1. The van der Waals surface area contributed by atoms with Gasteiger partial charge in [0, 0.05) is 18.2 Å². The van der Waals surface area contributed by atoms with Crippen molar-refractivity contribution in [3.8, 4) is 0 Å². The van der Waals surface area contributed by atoms with Crippen molar-refractivity contribution in [2.45, 2.75) is 12.8 Å². The van der Waals surface area contributed by atoms with Crippen molar-refractivity contribution in [2.75, 3.05) is 26.9 Å². The molecular formula is C14H19BrO4. The van der Waals surface area contributed by atoms with Gasteiger partial charge >= 0.3 is 5.97 Å². The third-order valence-corrected chi connectivity index (χ3v) is 3.32. The molecule has 0 amide bonds. The lowest BCUT2D eigenvalue weighted by Crippen LogP contribution is -2.19. The van der Waals surface area contributed by atoms with E-state index >= 15 is 0 Å². The van der Waals surface area contributed by atoms with E-state index in [9.17, 15) is 9.90 Å². The highest BCUT2D eigenvalue weighted by molar-refractivity contribution is 9.10. The summed E-state index contributed by atoms with van der Waals surface area (Å²) in [5.41, 5.74) is 1.02. The number of rotatable bonds is 9. The van der Waals surface area contributed by atoms with E-state index in [0.717, 1.165) is 10.0 Å². The Morgan fingerprint density at radius 2 is 1.95 bits per heavy atom. The second-order valence-electron chi connectivity index (χ2n) is 4.26. The molecule has 0 heterocycles. The molecule has 0 spiro atoms. The van der Waals surface area contributed by atoms with Crippen LogP contribution < -0.4 is 0 Å². The van der Waals surface area contributed by atoms with Crippen molar-refractivity contribution >= 4 is 21.9 Å². The molecule has 0 aliphatic heterocycles. The van der Waals surface area contributed by atoms with Crippen LogP contribution in [0.25, 0.3) is 0 Å². The summed E-state index contributed by atoms with van der Waals surface area (Å²) in [6.45, 7) is 1.47. The molecule has 1 aromatic rings. The first-order chi connectivity index (χ1) is 9.13. The van der Waals surface area contributed by atoms with Crippen LogP contribution in [0.1, 0.15) is 12.0 Å². The Balaban J connectivity index is 2.40. The number of ether oxygens (including phenoxy) is 2. The largest absolute Gasteiger partial charge is 0.481 e. The van der Waals surface area contributed by atoms with Gasteiger partial charge in [-0.1, -0.05) is 28.1 Å². The maximum atomic E-state index is 11.2. The zero-order chi connectivity index (χ0) is 14.1. The van der Waals surface area contributed by atoms with Gasteiger partial charge in [-0.2, -0.15) is 0 Å². The van der Waals surface area contributed by atoms with Crippen LogP contribution in [0.4, 0.5) is 0 Å². The van der Waals surface area contributed by atoms with E-state index in [0.29, 0.717) is 32.7 Å². The Morgan fingerprint density at radius 3 is 2.53 bits per heavy atom. The molecule has 1 atom stereocenters. The predicted molar refractivity (Wildman–Crippen MR) is 76.3 cm³/mol. The van der Waals surface area contributed by atoms with Gasteiger partial charge in [-0.05, 0) is 30.5 Å². The highest BCUT2D eigenvalue weighted by Gasteiger charge is 2.17. The van der Waals surface area contributed by atoms with Crippen LogP contribution in [0.5, 0.6) is 0 Å². The predicted octanol–water partition coefficient (Wildman–Crippen LogP) is 2.75. The van der Waals surface area contributed by atoms with Crippen LogP contribution >= 0.6 is 15.9 Å². The quantitative estimate of drug-likeness (QED) is 0.707. The van der Waals surface area contributed by atoms with E-state index in [4.69, 9.17) is 9.47 Å². The lowest BCUT2D eigenvalue weighted by Gasteiger charge is -2.12. The Bertz CT molecular complexity index is 378. The fourth-order valence-electron chi connectivity index (χ4n) is 1.69. The van der Waals surface area contributed by atoms with Gasteiger partial charge in [-0.15, -0.1) is 0 Å². The Morgan fingerprint density at radius 1 is 1.26 bits per heavy atom. The van der Waals surface area contributed by atoms with E-state index in [1.54, 1.807) is 7.11 Å². The van der Waals surface area contributed by atoms with Crippen LogP contribution in [-0.4, -0.2) is 38.0 Å². The fraction of sp³-hybridized carbons (Fsp3) is 0.500. The van der Waals surface area contributed by atoms with Crippen molar-refractivity contribution in [1.29, 1.82) is 0 Å². The van der Waals surface area contributed by atoms with Gasteiger partial charge in [-0.25, -0.2) is 0 Å². The minimum absolute atomic E-state index is 0.413. The van der Waals surface area contributed by atoms with Gasteiger partial charge in [0.25, 0.3) is 0 Å². The highest BCUT2D eigenvalue weighted by atomic mass is 79.9. The smallest absolute Gasteiger partial charge is 0.306 e. The summed E-state index contributed by atoms with van der Waals surface area (Å²) in [5, 5.41) is 9.20. The Labute approximate surface area is 121 Å². The zero-order valence-corrected chi connectivity index (χ0v) is 12.6. The lowest BCUT2D eigenvalue weighted by molar-refractivity contribution is -0.142. The van der Waals surface area contributed by atoms with Crippen molar-refractivity contribution in [1.82, 2.24) is 0 Å². The van der Waals surface area contributed by atoms with Crippen molar-refractivity contribution in [3.63, 3.8) is 0 Å². The minimum atomic E-state index is -0.779. The summed E-state index contributed by atoms with van der Waals surface area (Å²) >= 11 is 3.36. The number of carbonyl (C=O) groups is 1. The molecule has 0 aliphatic rings. The van der Waals surface area contributed by atoms with Crippen molar-refractivity contribution in [3.05, 3.63) is 34.3 Å². The third-order valence-electron chi connectivity index (χ3n) is 2.79. The molecule has 0 fully saturated rings. The molecule has 5 heteroatoms. The summed E-state index contributed by atoms with van der Waals surface area (Å²) in [7, 11) is 1.61. The number of aliphatic carboxylic acids is 1. The average Bonchev–Trinajstić information content (AvgIpc) is 2.39. The summed E-state index contributed by atoms with van der Waals surface area (Å²) in [5.74, 6) is -1.19. The van der Waals surface area contributed by atoms with Crippen LogP contribution in [0.2, 0.25) is 0 Å². The molecule has 0 bridgehead atoms. The average molecular weight is 331 g/mol. The first-order valence-electron chi connectivity index (χ1n) is 6.17. The second-order valence-corrected chi connectivity index (χ2v) is 5.18. The molecule has 1 N–H and O–H groups in total. The molecule has 1 aromatic carbocycles. The highest BCUT2D eigenvalue weighted by Crippen LogP contribution is 2.16. The molecule has 1 unspecified atom stereocenters. The first-order valence-corrected chi connectivity index (χ1v) is 6.96.